The van der Waals surface area contributed by atoms with E-state index in [4.69, 9.17) is 4.74 Å². The Labute approximate surface area is 121 Å². The number of fused-ring (bicyclic) bond motifs is 1. The second-order valence-electron chi connectivity index (χ2n) is 5.13. The molecule has 0 fully saturated rings. The van der Waals surface area contributed by atoms with Crippen LogP contribution in [0.2, 0.25) is 0 Å². The van der Waals surface area contributed by atoms with E-state index in [0.29, 0.717) is 12.6 Å². The number of nitrogens with zero attached hydrogens (tertiary/aromatic N) is 1. The second-order valence-corrected chi connectivity index (χ2v) is 5.13. The van der Waals surface area contributed by atoms with Crippen molar-refractivity contribution in [1.29, 1.82) is 0 Å². The Morgan fingerprint density at radius 2 is 1.95 bits per heavy atom. The van der Waals surface area contributed by atoms with Gasteiger partial charge in [0.1, 0.15) is 5.75 Å². The molecule has 0 saturated heterocycles. The fraction of sp³-hybridized carbons (Fsp3) is 0.529. The largest absolute Gasteiger partial charge is 0.494 e. The molecule has 3 nitrogen and oxygen atoms in total. The van der Waals surface area contributed by atoms with E-state index in [0.717, 1.165) is 18.8 Å². The normalized spacial score (nSPS) is 11.4. The van der Waals surface area contributed by atoms with Crippen LogP contribution in [0.3, 0.4) is 0 Å². The Morgan fingerprint density at radius 1 is 1.15 bits per heavy atom. The first-order valence-electron chi connectivity index (χ1n) is 7.73. The summed E-state index contributed by atoms with van der Waals surface area (Å²) in [5, 5.41) is 4.86. The van der Waals surface area contributed by atoms with E-state index in [2.05, 4.69) is 54.2 Å². The highest BCUT2D eigenvalue weighted by molar-refractivity contribution is 5.81. The molecule has 0 unspecified atom stereocenters. The summed E-state index contributed by atoms with van der Waals surface area (Å²) in [5.41, 5.74) is 1.28. The Balaban J connectivity index is 2.00. The minimum atomic E-state index is 0.640. The average molecular weight is 274 g/mol. The van der Waals surface area contributed by atoms with Crippen LogP contribution in [-0.2, 0) is 6.54 Å². The highest BCUT2D eigenvalue weighted by Crippen LogP contribution is 2.22. The summed E-state index contributed by atoms with van der Waals surface area (Å²) < 4.78 is 7.85. The molecule has 0 saturated carbocycles. The van der Waals surface area contributed by atoms with Gasteiger partial charge >= 0.3 is 0 Å². The number of hydrogen-bond donors (Lipinski definition) is 1. The summed E-state index contributed by atoms with van der Waals surface area (Å²) in [5.74, 6) is 0.952. The highest BCUT2D eigenvalue weighted by atomic mass is 16.5. The van der Waals surface area contributed by atoms with Crippen molar-refractivity contribution in [2.24, 2.45) is 0 Å². The summed E-state index contributed by atoms with van der Waals surface area (Å²) in [6.07, 6.45) is 4.55. The van der Waals surface area contributed by atoms with Gasteiger partial charge in [0, 0.05) is 36.2 Å². The molecule has 1 heterocycles. The van der Waals surface area contributed by atoms with Gasteiger partial charge < -0.3 is 14.6 Å². The summed E-state index contributed by atoms with van der Waals surface area (Å²) in [7, 11) is 0. The van der Waals surface area contributed by atoms with Crippen LogP contribution in [0.5, 0.6) is 5.75 Å². The van der Waals surface area contributed by atoms with Gasteiger partial charge in [-0.2, -0.15) is 0 Å². The van der Waals surface area contributed by atoms with Crippen molar-refractivity contribution in [1.82, 2.24) is 9.88 Å². The molecule has 20 heavy (non-hydrogen) atoms. The van der Waals surface area contributed by atoms with Gasteiger partial charge in [-0.15, -0.1) is 0 Å². The van der Waals surface area contributed by atoms with Crippen LogP contribution >= 0.6 is 0 Å². The number of rotatable bonds is 8. The molecule has 0 amide bonds. The van der Waals surface area contributed by atoms with Crippen LogP contribution in [0.1, 0.15) is 33.6 Å². The lowest BCUT2D eigenvalue weighted by Gasteiger charge is -2.15. The summed E-state index contributed by atoms with van der Waals surface area (Å²) >= 11 is 0. The van der Waals surface area contributed by atoms with E-state index >= 15 is 0 Å². The molecular formula is C17H26N2O. The number of nitrogens with one attached hydrogen (secondary N) is 1. The first-order valence-corrected chi connectivity index (χ1v) is 7.73. The van der Waals surface area contributed by atoms with E-state index in [1.54, 1.807) is 0 Å². The zero-order valence-electron chi connectivity index (χ0n) is 12.9. The van der Waals surface area contributed by atoms with E-state index in [1.807, 2.05) is 6.92 Å². The molecule has 3 heteroatoms. The maximum atomic E-state index is 5.54. The smallest absolute Gasteiger partial charge is 0.120 e. The first kappa shape index (κ1) is 14.9. The molecule has 0 aliphatic carbocycles. The summed E-state index contributed by atoms with van der Waals surface area (Å²) in [4.78, 5) is 0. The first-order chi connectivity index (χ1) is 9.78. The van der Waals surface area contributed by atoms with Gasteiger partial charge in [0.2, 0.25) is 0 Å². The van der Waals surface area contributed by atoms with Gasteiger partial charge in [0.25, 0.3) is 0 Å². The quantitative estimate of drug-likeness (QED) is 0.792. The van der Waals surface area contributed by atoms with Crippen LogP contribution in [0.4, 0.5) is 0 Å². The fourth-order valence-corrected chi connectivity index (χ4v) is 2.60. The molecule has 1 aromatic heterocycles. The third-order valence-corrected chi connectivity index (χ3v) is 3.82. The molecule has 2 rings (SSSR count). The van der Waals surface area contributed by atoms with Crippen molar-refractivity contribution in [3.05, 3.63) is 30.5 Å². The molecule has 110 valence electrons. The number of ether oxygens (including phenoxy) is 1. The van der Waals surface area contributed by atoms with Gasteiger partial charge in [0.15, 0.2) is 0 Å². The number of benzene rings is 1. The third kappa shape index (κ3) is 3.54. The Bertz CT molecular complexity index is 529. The molecule has 0 aliphatic rings. The van der Waals surface area contributed by atoms with E-state index < -0.39 is 0 Å². The molecule has 1 N–H and O–H groups in total. The van der Waals surface area contributed by atoms with E-state index in [9.17, 15) is 0 Å². The maximum absolute atomic E-state index is 5.54. The SMILES string of the molecule is CCOc1ccc2c(ccn2CCNC(CC)CC)c1. The van der Waals surface area contributed by atoms with Crippen LogP contribution in [0, 0.1) is 0 Å². The second kappa shape index (κ2) is 7.34. The van der Waals surface area contributed by atoms with Gasteiger partial charge in [-0.3, -0.25) is 0 Å². The van der Waals surface area contributed by atoms with Crippen molar-refractivity contribution in [3.8, 4) is 5.75 Å². The van der Waals surface area contributed by atoms with Crippen molar-refractivity contribution >= 4 is 10.9 Å². The lowest BCUT2D eigenvalue weighted by Crippen LogP contribution is -2.30. The molecular weight excluding hydrogens is 248 g/mol. The topological polar surface area (TPSA) is 26.2 Å². The van der Waals surface area contributed by atoms with Crippen LogP contribution < -0.4 is 10.1 Å². The Hall–Kier alpha value is -1.48. The van der Waals surface area contributed by atoms with Gasteiger partial charge in [-0.25, -0.2) is 0 Å². The number of hydrogen-bond acceptors (Lipinski definition) is 2. The predicted octanol–water partition coefficient (Wildman–Crippen LogP) is 3.82. The Morgan fingerprint density at radius 3 is 2.65 bits per heavy atom. The molecule has 0 bridgehead atoms. The zero-order valence-corrected chi connectivity index (χ0v) is 12.9. The van der Waals surface area contributed by atoms with Gasteiger partial charge in [-0.05, 0) is 44.0 Å². The zero-order chi connectivity index (χ0) is 14.4. The van der Waals surface area contributed by atoms with Crippen LogP contribution in [0.25, 0.3) is 10.9 Å². The fourth-order valence-electron chi connectivity index (χ4n) is 2.60. The Kier molecular flexibility index (Phi) is 5.48. The minimum absolute atomic E-state index is 0.640. The molecule has 0 aliphatic heterocycles. The van der Waals surface area contributed by atoms with E-state index in [1.165, 1.54) is 23.7 Å². The monoisotopic (exact) mass is 274 g/mol. The lowest BCUT2D eigenvalue weighted by molar-refractivity contribution is 0.340. The maximum Gasteiger partial charge on any atom is 0.120 e. The summed E-state index contributed by atoms with van der Waals surface area (Å²) in [6, 6.07) is 9.12. The third-order valence-electron chi connectivity index (χ3n) is 3.82. The van der Waals surface area contributed by atoms with Crippen LogP contribution in [-0.4, -0.2) is 23.8 Å². The van der Waals surface area contributed by atoms with Crippen molar-refractivity contribution in [3.63, 3.8) is 0 Å². The highest BCUT2D eigenvalue weighted by Gasteiger charge is 2.04. The predicted molar refractivity (Wildman–Crippen MR) is 85.5 cm³/mol. The average Bonchev–Trinajstić information content (AvgIpc) is 2.86. The van der Waals surface area contributed by atoms with E-state index in [-0.39, 0.29) is 0 Å². The number of aromatic nitrogens is 1. The summed E-state index contributed by atoms with van der Waals surface area (Å²) in [6.45, 7) is 9.23. The molecule has 0 spiro atoms. The van der Waals surface area contributed by atoms with Crippen molar-refractivity contribution in [2.75, 3.05) is 13.2 Å². The van der Waals surface area contributed by atoms with Crippen LogP contribution in [0.15, 0.2) is 30.5 Å². The lowest BCUT2D eigenvalue weighted by atomic mass is 10.2. The van der Waals surface area contributed by atoms with Gasteiger partial charge in [-0.1, -0.05) is 13.8 Å². The van der Waals surface area contributed by atoms with Gasteiger partial charge in [0.05, 0.1) is 6.61 Å². The molecule has 1 aromatic carbocycles. The molecule has 0 atom stereocenters. The molecule has 0 radical (unpaired) electrons. The van der Waals surface area contributed by atoms with Crippen molar-refractivity contribution in [2.45, 2.75) is 46.2 Å². The standard InChI is InChI=1S/C17H26N2O/c1-4-15(5-2)18-10-12-19-11-9-14-13-16(20-6-3)7-8-17(14)19/h7-9,11,13,15,18H,4-6,10,12H2,1-3H3. The molecule has 2 aromatic rings. The van der Waals surface area contributed by atoms with Crippen molar-refractivity contribution < 1.29 is 4.74 Å². The minimum Gasteiger partial charge on any atom is -0.494 e.